The van der Waals surface area contributed by atoms with Gasteiger partial charge in [-0.15, -0.1) is 0 Å². The van der Waals surface area contributed by atoms with Gasteiger partial charge < -0.3 is 14.8 Å². The molecule has 39 heavy (non-hydrogen) atoms. The minimum Gasteiger partial charge on any atom is -0.457 e. The van der Waals surface area contributed by atoms with Gasteiger partial charge in [0.25, 0.3) is 11.8 Å². The molecule has 0 atom stereocenters. The maximum Gasteiger partial charge on any atom is 0.306 e. The van der Waals surface area contributed by atoms with Crippen LogP contribution in [0, 0.1) is 0 Å². The minimum absolute atomic E-state index is 0.0573. The van der Waals surface area contributed by atoms with Crippen LogP contribution in [0.2, 0.25) is 5.02 Å². The Balaban J connectivity index is 1.34. The summed E-state index contributed by atoms with van der Waals surface area (Å²) in [6, 6.07) is 20.8. The predicted molar refractivity (Wildman–Crippen MR) is 148 cm³/mol. The van der Waals surface area contributed by atoms with Crippen molar-refractivity contribution >= 4 is 41.0 Å². The van der Waals surface area contributed by atoms with Gasteiger partial charge in [-0.25, -0.2) is 0 Å². The van der Waals surface area contributed by atoms with Gasteiger partial charge in [-0.3, -0.25) is 30.0 Å². The Bertz CT molecular complexity index is 1300. The highest BCUT2D eigenvalue weighted by Gasteiger charge is 2.14. The number of hydrogen-bond acceptors (Lipinski definition) is 6. The molecule has 0 heterocycles. The molecule has 3 rings (SSSR count). The Morgan fingerprint density at radius 1 is 0.744 bits per heavy atom. The third kappa shape index (κ3) is 9.79. The Kier molecular flexibility index (Phi) is 10.1. The van der Waals surface area contributed by atoms with E-state index in [9.17, 15) is 19.2 Å². The largest absolute Gasteiger partial charge is 0.457 e. The van der Waals surface area contributed by atoms with Crippen LogP contribution >= 0.6 is 11.6 Å². The second-order valence-electron chi connectivity index (χ2n) is 9.62. The zero-order chi connectivity index (χ0) is 28.4. The van der Waals surface area contributed by atoms with Crippen LogP contribution in [0.4, 0.5) is 5.69 Å². The fourth-order valence-corrected chi connectivity index (χ4v) is 3.38. The number of carbonyl (C=O) groups is 4. The van der Waals surface area contributed by atoms with Crippen molar-refractivity contribution < 1.29 is 28.7 Å². The quantitative estimate of drug-likeness (QED) is 0.249. The average molecular weight is 552 g/mol. The first kappa shape index (κ1) is 29.2. The maximum absolute atomic E-state index is 12.2. The molecule has 3 N–H and O–H groups in total. The monoisotopic (exact) mass is 551 g/mol. The summed E-state index contributed by atoms with van der Waals surface area (Å²) in [5.74, 6) is -1.10. The molecule has 3 amide bonds. The number of carbonyl (C=O) groups excluding carboxylic acids is 4. The van der Waals surface area contributed by atoms with E-state index in [1.54, 1.807) is 24.3 Å². The molecule has 0 saturated carbocycles. The standard InChI is InChI=1S/C29H30ClN3O6/c1-29(2,3)20-6-12-23(13-7-20)39-24-14-10-22(11-15-24)31-25(34)16-17-27(36)38-18-26(35)32-33-28(37)19-4-8-21(30)9-5-19/h4-15H,16-18H2,1-3H3,(H,31,34)(H,32,35)(H,33,37). The van der Waals surface area contributed by atoms with Gasteiger partial charge in [-0.05, 0) is 71.6 Å². The summed E-state index contributed by atoms with van der Waals surface area (Å²) in [5.41, 5.74) is 6.43. The summed E-state index contributed by atoms with van der Waals surface area (Å²) in [5, 5.41) is 3.16. The number of halogens is 1. The lowest BCUT2D eigenvalue weighted by atomic mass is 9.87. The van der Waals surface area contributed by atoms with E-state index in [0.29, 0.717) is 22.2 Å². The molecule has 9 nitrogen and oxygen atoms in total. The average Bonchev–Trinajstić information content (AvgIpc) is 2.90. The van der Waals surface area contributed by atoms with Crippen LogP contribution in [0.15, 0.2) is 72.8 Å². The molecule has 0 spiro atoms. The Morgan fingerprint density at radius 2 is 1.33 bits per heavy atom. The number of esters is 1. The van der Waals surface area contributed by atoms with Crippen molar-refractivity contribution in [3.05, 3.63) is 88.9 Å². The van der Waals surface area contributed by atoms with Crippen molar-refractivity contribution in [2.24, 2.45) is 0 Å². The minimum atomic E-state index is -0.734. The molecule has 10 heteroatoms. The van der Waals surface area contributed by atoms with Gasteiger partial charge in [0.15, 0.2) is 6.61 Å². The number of hydrazine groups is 1. The number of rotatable bonds is 9. The van der Waals surface area contributed by atoms with E-state index in [1.165, 1.54) is 29.8 Å². The van der Waals surface area contributed by atoms with E-state index in [2.05, 4.69) is 36.9 Å². The Labute approximate surface area is 231 Å². The molecule has 3 aromatic carbocycles. The molecule has 0 aromatic heterocycles. The predicted octanol–water partition coefficient (Wildman–Crippen LogP) is 5.15. The van der Waals surface area contributed by atoms with Crippen molar-refractivity contribution in [1.82, 2.24) is 10.9 Å². The van der Waals surface area contributed by atoms with Crippen molar-refractivity contribution in [3.63, 3.8) is 0 Å². The van der Waals surface area contributed by atoms with Gasteiger partial charge in [0.1, 0.15) is 11.5 Å². The molecule has 0 fully saturated rings. The second kappa shape index (κ2) is 13.4. The van der Waals surface area contributed by atoms with Crippen LogP contribution < -0.4 is 20.9 Å². The van der Waals surface area contributed by atoms with Crippen molar-refractivity contribution in [1.29, 1.82) is 0 Å². The molecule has 0 aliphatic heterocycles. The van der Waals surface area contributed by atoms with Crippen LogP contribution in [-0.4, -0.2) is 30.3 Å². The number of benzene rings is 3. The lowest BCUT2D eigenvalue weighted by molar-refractivity contribution is -0.149. The lowest BCUT2D eigenvalue weighted by Gasteiger charge is -2.19. The molecule has 0 unspecified atom stereocenters. The first-order valence-electron chi connectivity index (χ1n) is 12.2. The summed E-state index contributed by atoms with van der Waals surface area (Å²) >= 11 is 5.76. The summed E-state index contributed by atoms with van der Waals surface area (Å²) in [6.45, 7) is 5.82. The SMILES string of the molecule is CC(C)(C)c1ccc(Oc2ccc(NC(=O)CCC(=O)OCC(=O)NNC(=O)c3ccc(Cl)cc3)cc2)cc1. The molecule has 0 aliphatic rings. The molecular weight excluding hydrogens is 522 g/mol. The van der Waals surface area contributed by atoms with E-state index in [4.69, 9.17) is 21.1 Å². The molecule has 0 radical (unpaired) electrons. The smallest absolute Gasteiger partial charge is 0.306 e. The topological polar surface area (TPSA) is 123 Å². The van der Waals surface area contributed by atoms with E-state index in [-0.39, 0.29) is 23.8 Å². The molecule has 0 aliphatic carbocycles. The van der Waals surface area contributed by atoms with Gasteiger partial charge in [-0.2, -0.15) is 0 Å². The van der Waals surface area contributed by atoms with Crippen LogP contribution in [-0.2, 0) is 24.5 Å². The molecular formula is C29H30ClN3O6. The van der Waals surface area contributed by atoms with Gasteiger partial charge in [0, 0.05) is 22.7 Å². The van der Waals surface area contributed by atoms with Crippen molar-refractivity contribution in [2.45, 2.75) is 39.0 Å². The molecule has 3 aromatic rings. The fraction of sp³-hybridized carbons (Fsp3) is 0.241. The molecule has 0 saturated heterocycles. The number of amides is 3. The van der Waals surface area contributed by atoms with E-state index in [1.807, 2.05) is 24.3 Å². The van der Waals surface area contributed by atoms with Gasteiger partial charge in [0.2, 0.25) is 5.91 Å². The van der Waals surface area contributed by atoms with Crippen LogP contribution in [0.3, 0.4) is 0 Å². The highest BCUT2D eigenvalue weighted by atomic mass is 35.5. The highest BCUT2D eigenvalue weighted by Crippen LogP contribution is 2.27. The van der Waals surface area contributed by atoms with Crippen LogP contribution in [0.5, 0.6) is 11.5 Å². The third-order valence-corrected chi connectivity index (χ3v) is 5.69. The fourth-order valence-electron chi connectivity index (χ4n) is 3.26. The first-order valence-corrected chi connectivity index (χ1v) is 12.6. The summed E-state index contributed by atoms with van der Waals surface area (Å²) in [6.07, 6.45) is -0.353. The third-order valence-electron chi connectivity index (χ3n) is 5.44. The zero-order valence-electron chi connectivity index (χ0n) is 21.9. The summed E-state index contributed by atoms with van der Waals surface area (Å²) < 4.78 is 10.7. The number of ether oxygens (including phenoxy) is 2. The van der Waals surface area contributed by atoms with Gasteiger partial charge in [-0.1, -0.05) is 44.5 Å². The Hall–Kier alpha value is -4.37. The maximum atomic E-state index is 12.2. The first-order chi connectivity index (χ1) is 18.5. The van der Waals surface area contributed by atoms with Crippen molar-refractivity contribution in [3.8, 4) is 11.5 Å². The van der Waals surface area contributed by atoms with E-state index < -0.39 is 30.3 Å². The Morgan fingerprint density at radius 3 is 1.92 bits per heavy atom. The van der Waals surface area contributed by atoms with E-state index >= 15 is 0 Å². The molecule has 0 bridgehead atoms. The van der Waals surface area contributed by atoms with Crippen molar-refractivity contribution in [2.75, 3.05) is 11.9 Å². The number of nitrogens with one attached hydrogen (secondary N) is 3. The summed E-state index contributed by atoms with van der Waals surface area (Å²) in [4.78, 5) is 47.8. The normalized spacial score (nSPS) is 10.8. The lowest BCUT2D eigenvalue weighted by Crippen LogP contribution is -2.43. The molecule has 204 valence electrons. The van der Waals surface area contributed by atoms with Gasteiger partial charge >= 0.3 is 5.97 Å². The van der Waals surface area contributed by atoms with Gasteiger partial charge in [0.05, 0.1) is 6.42 Å². The number of hydrogen-bond donors (Lipinski definition) is 3. The van der Waals surface area contributed by atoms with Crippen LogP contribution in [0.25, 0.3) is 0 Å². The summed E-state index contributed by atoms with van der Waals surface area (Å²) in [7, 11) is 0. The van der Waals surface area contributed by atoms with E-state index in [0.717, 1.165) is 0 Å². The van der Waals surface area contributed by atoms with Crippen LogP contribution in [0.1, 0.15) is 49.5 Å². The second-order valence-corrected chi connectivity index (χ2v) is 10.1. The highest BCUT2D eigenvalue weighted by molar-refractivity contribution is 6.30. The zero-order valence-corrected chi connectivity index (χ0v) is 22.6. The number of anilines is 1.